The zero-order valence-electron chi connectivity index (χ0n) is 13.2. The number of likely N-dealkylation sites (tertiary alicyclic amines) is 1. The highest BCUT2D eigenvalue weighted by molar-refractivity contribution is 14.0. The summed E-state index contributed by atoms with van der Waals surface area (Å²) in [5.41, 5.74) is 2.57. The van der Waals surface area contributed by atoms with Crippen LogP contribution in [0.3, 0.4) is 0 Å². The molecule has 0 radical (unpaired) electrons. The maximum absolute atomic E-state index is 4.28. The number of benzene rings is 1. The van der Waals surface area contributed by atoms with E-state index in [1.54, 1.807) is 0 Å². The summed E-state index contributed by atoms with van der Waals surface area (Å²) < 4.78 is 0. The van der Waals surface area contributed by atoms with Gasteiger partial charge in [0.15, 0.2) is 5.96 Å². The molecule has 2 rings (SSSR count). The molecule has 1 aliphatic rings. The van der Waals surface area contributed by atoms with E-state index in [4.69, 9.17) is 0 Å². The Morgan fingerprint density at radius 1 is 1.29 bits per heavy atom. The average Bonchev–Trinajstić information content (AvgIpc) is 2.87. The number of hydrogen-bond donors (Lipinski definition) is 2. The zero-order valence-corrected chi connectivity index (χ0v) is 15.6. The number of nitrogens with zero attached hydrogens (tertiary/aromatic N) is 2. The first kappa shape index (κ1) is 18.2. The Balaban J connectivity index is 0.00000220. The lowest BCUT2D eigenvalue weighted by Gasteiger charge is -2.15. The Bertz CT molecular complexity index is 444. The first-order valence-electron chi connectivity index (χ1n) is 7.36. The quantitative estimate of drug-likeness (QED) is 0.461. The third kappa shape index (κ3) is 6.22. The zero-order chi connectivity index (χ0) is 14.4. The lowest BCUT2D eigenvalue weighted by molar-refractivity contribution is 0.394. The van der Waals surface area contributed by atoms with Gasteiger partial charge in [-0.3, -0.25) is 4.99 Å². The van der Waals surface area contributed by atoms with Crippen molar-refractivity contribution < 1.29 is 0 Å². The molecule has 1 heterocycles. The summed E-state index contributed by atoms with van der Waals surface area (Å²) in [6, 6.07) is 8.59. The van der Waals surface area contributed by atoms with Crippen molar-refractivity contribution in [3.63, 3.8) is 0 Å². The minimum Gasteiger partial charge on any atom is -0.356 e. The van der Waals surface area contributed by atoms with Gasteiger partial charge < -0.3 is 15.5 Å². The lowest BCUT2D eigenvalue weighted by Crippen LogP contribution is -2.39. The number of aliphatic imine (C=N–C) groups is 1. The normalized spacial score (nSPS) is 19.2. The van der Waals surface area contributed by atoms with E-state index in [-0.39, 0.29) is 24.0 Å². The van der Waals surface area contributed by atoms with Gasteiger partial charge in [-0.05, 0) is 38.4 Å². The topological polar surface area (TPSA) is 39.7 Å². The highest BCUT2D eigenvalue weighted by atomic mass is 127. The number of guanidine groups is 1. The molecule has 0 spiro atoms. The first-order valence-corrected chi connectivity index (χ1v) is 7.36. The second-order valence-electron chi connectivity index (χ2n) is 5.71. The summed E-state index contributed by atoms with van der Waals surface area (Å²) in [6.45, 7) is 6.31. The van der Waals surface area contributed by atoms with Crippen molar-refractivity contribution in [1.29, 1.82) is 0 Å². The van der Waals surface area contributed by atoms with E-state index in [9.17, 15) is 0 Å². The largest absolute Gasteiger partial charge is 0.356 e. The van der Waals surface area contributed by atoms with E-state index in [1.165, 1.54) is 30.6 Å². The van der Waals surface area contributed by atoms with E-state index in [0.717, 1.165) is 25.0 Å². The second-order valence-corrected chi connectivity index (χ2v) is 5.71. The molecule has 2 N–H and O–H groups in total. The van der Waals surface area contributed by atoms with Gasteiger partial charge in [0.2, 0.25) is 0 Å². The van der Waals surface area contributed by atoms with Gasteiger partial charge in [0.25, 0.3) is 0 Å². The summed E-state index contributed by atoms with van der Waals surface area (Å²) in [5, 5.41) is 6.79. The van der Waals surface area contributed by atoms with Gasteiger partial charge in [-0.15, -0.1) is 24.0 Å². The smallest absolute Gasteiger partial charge is 0.191 e. The van der Waals surface area contributed by atoms with Crippen LogP contribution in [-0.4, -0.2) is 44.6 Å². The molecule has 1 aromatic carbocycles. The van der Waals surface area contributed by atoms with Crippen LogP contribution in [0.25, 0.3) is 0 Å². The average molecular weight is 402 g/mol. The Kier molecular flexibility index (Phi) is 8.03. The van der Waals surface area contributed by atoms with E-state index in [0.29, 0.717) is 0 Å². The molecule has 1 aromatic rings. The molecule has 0 aromatic heterocycles. The molecule has 118 valence electrons. The fourth-order valence-electron chi connectivity index (χ4n) is 2.55. The molecular weight excluding hydrogens is 375 g/mol. The van der Waals surface area contributed by atoms with Crippen molar-refractivity contribution in [2.75, 3.05) is 33.7 Å². The number of halogens is 1. The van der Waals surface area contributed by atoms with Crippen LogP contribution >= 0.6 is 24.0 Å². The molecule has 1 atom stereocenters. The van der Waals surface area contributed by atoms with Crippen LogP contribution in [0.4, 0.5) is 0 Å². The minimum atomic E-state index is 0. The Morgan fingerprint density at radius 3 is 2.57 bits per heavy atom. The fourth-order valence-corrected chi connectivity index (χ4v) is 2.55. The molecule has 4 nitrogen and oxygen atoms in total. The van der Waals surface area contributed by atoms with Crippen molar-refractivity contribution in [3.8, 4) is 0 Å². The molecule has 0 saturated carbocycles. The second kappa shape index (κ2) is 9.25. The molecule has 1 unspecified atom stereocenters. The molecule has 0 aliphatic carbocycles. The van der Waals surface area contributed by atoms with Crippen molar-refractivity contribution in [2.45, 2.75) is 19.9 Å². The first-order chi connectivity index (χ1) is 9.67. The van der Waals surface area contributed by atoms with Gasteiger partial charge >= 0.3 is 0 Å². The van der Waals surface area contributed by atoms with Crippen LogP contribution in [0.1, 0.15) is 17.5 Å². The van der Waals surface area contributed by atoms with Crippen LogP contribution in [0.2, 0.25) is 0 Å². The van der Waals surface area contributed by atoms with Crippen LogP contribution in [0.15, 0.2) is 29.3 Å². The molecule has 1 aliphatic heterocycles. The van der Waals surface area contributed by atoms with Gasteiger partial charge in [0.1, 0.15) is 0 Å². The van der Waals surface area contributed by atoms with Crippen LogP contribution in [0.5, 0.6) is 0 Å². The van der Waals surface area contributed by atoms with Crippen molar-refractivity contribution in [1.82, 2.24) is 15.5 Å². The van der Waals surface area contributed by atoms with Gasteiger partial charge in [0, 0.05) is 26.7 Å². The summed E-state index contributed by atoms with van der Waals surface area (Å²) in [5.74, 6) is 1.62. The molecule has 5 heteroatoms. The fraction of sp³-hybridized carbons (Fsp3) is 0.562. The van der Waals surface area contributed by atoms with Gasteiger partial charge in [-0.2, -0.15) is 0 Å². The Morgan fingerprint density at radius 2 is 2.00 bits per heavy atom. The van der Waals surface area contributed by atoms with Crippen molar-refractivity contribution >= 4 is 29.9 Å². The molecule has 1 fully saturated rings. The summed E-state index contributed by atoms with van der Waals surface area (Å²) in [4.78, 5) is 6.67. The summed E-state index contributed by atoms with van der Waals surface area (Å²) in [7, 11) is 4.01. The van der Waals surface area contributed by atoms with Gasteiger partial charge in [-0.25, -0.2) is 0 Å². The predicted octanol–water partition coefficient (Wildman–Crippen LogP) is 2.23. The SMILES string of the molecule is CN=C(NCc1ccc(C)cc1)NCC1CCN(C)C1.I. The van der Waals surface area contributed by atoms with Crippen molar-refractivity contribution in [3.05, 3.63) is 35.4 Å². The highest BCUT2D eigenvalue weighted by Gasteiger charge is 2.19. The molecule has 1 saturated heterocycles. The Labute approximate surface area is 145 Å². The van der Waals surface area contributed by atoms with E-state index in [1.807, 2.05) is 7.05 Å². The van der Waals surface area contributed by atoms with Crippen LogP contribution < -0.4 is 10.6 Å². The van der Waals surface area contributed by atoms with Crippen molar-refractivity contribution in [2.24, 2.45) is 10.9 Å². The lowest BCUT2D eigenvalue weighted by atomic mass is 10.1. The third-order valence-corrected chi connectivity index (χ3v) is 3.85. The predicted molar refractivity (Wildman–Crippen MR) is 100 cm³/mol. The number of nitrogens with one attached hydrogen (secondary N) is 2. The summed E-state index contributed by atoms with van der Waals surface area (Å²) in [6.07, 6.45) is 1.28. The molecular formula is C16H27IN4. The van der Waals surface area contributed by atoms with Crippen LogP contribution in [0, 0.1) is 12.8 Å². The number of rotatable bonds is 4. The highest BCUT2D eigenvalue weighted by Crippen LogP contribution is 2.12. The number of aryl methyl sites for hydroxylation is 1. The maximum atomic E-state index is 4.28. The molecule has 21 heavy (non-hydrogen) atoms. The Hall–Kier alpha value is -0.820. The maximum Gasteiger partial charge on any atom is 0.191 e. The number of hydrogen-bond acceptors (Lipinski definition) is 2. The standard InChI is InChI=1S/C16H26N4.HI/c1-13-4-6-14(7-5-13)10-18-16(17-2)19-11-15-8-9-20(3)12-15;/h4-7,15H,8-12H2,1-3H3,(H2,17,18,19);1H. The third-order valence-electron chi connectivity index (χ3n) is 3.85. The minimum absolute atomic E-state index is 0. The monoisotopic (exact) mass is 402 g/mol. The molecule has 0 amide bonds. The van der Waals surface area contributed by atoms with Gasteiger partial charge in [0.05, 0.1) is 0 Å². The molecule has 0 bridgehead atoms. The van der Waals surface area contributed by atoms with E-state index < -0.39 is 0 Å². The van der Waals surface area contributed by atoms with E-state index >= 15 is 0 Å². The van der Waals surface area contributed by atoms with E-state index in [2.05, 4.69) is 58.8 Å². The van der Waals surface area contributed by atoms with Crippen LogP contribution in [-0.2, 0) is 6.54 Å². The van der Waals surface area contributed by atoms with Gasteiger partial charge in [-0.1, -0.05) is 29.8 Å². The summed E-state index contributed by atoms with van der Waals surface area (Å²) >= 11 is 0.